The first-order valence-corrected chi connectivity index (χ1v) is 7.84. The van der Waals surface area contributed by atoms with Crippen molar-refractivity contribution in [2.75, 3.05) is 5.32 Å². The van der Waals surface area contributed by atoms with Gasteiger partial charge in [-0.3, -0.25) is 0 Å². The molecule has 144 valence electrons. The first-order chi connectivity index (χ1) is 13.2. The van der Waals surface area contributed by atoms with Gasteiger partial charge in [-0.2, -0.15) is 0 Å². The standard InChI is InChI=1S/C19H12F4N2O3/c20-15-10-12(11-3-1-4-13(9-11)28-19(21,22)23)6-7-16(15)25-17-14(18(26)27)5-2-8-24-17/h1-10H,(H,24,25)(H,26,27). The lowest BCUT2D eigenvalue weighted by atomic mass is 10.0. The van der Waals surface area contributed by atoms with Crippen LogP contribution in [0.1, 0.15) is 10.4 Å². The number of alkyl halides is 3. The van der Waals surface area contributed by atoms with E-state index in [1.165, 1.54) is 42.6 Å². The van der Waals surface area contributed by atoms with E-state index in [4.69, 9.17) is 5.11 Å². The fourth-order valence-electron chi connectivity index (χ4n) is 2.47. The number of carboxylic acid groups (broad SMARTS) is 1. The van der Waals surface area contributed by atoms with Crippen molar-refractivity contribution < 1.29 is 32.2 Å². The Morgan fingerprint density at radius 1 is 1.04 bits per heavy atom. The van der Waals surface area contributed by atoms with Gasteiger partial charge < -0.3 is 15.2 Å². The van der Waals surface area contributed by atoms with Gasteiger partial charge in [0.15, 0.2) is 0 Å². The molecule has 0 radical (unpaired) electrons. The number of carboxylic acids is 1. The summed E-state index contributed by atoms with van der Waals surface area (Å²) in [5, 5.41) is 11.7. The molecule has 2 N–H and O–H groups in total. The van der Waals surface area contributed by atoms with Gasteiger partial charge >= 0.3 is 12.3 Å². The Morgan fingerprint density at radius 2 is 1.79 bits per heavy atom. The zero-order chi connectivity index (χ0) is 20.3. The van der Waals surface area contributed by atoms with Crippen LogP contribution in [0.5, 0.6) is 5.75 Å². The Balaban J connectivity index is 1.88. The van der Waals surface area contributed by atoms with Crippen LogP contribution in [0, 0.1) is 5.82 Å². The summed E-state index contributed by atoms with van der Waals surface area (Å²) in [6.45, 7) is 0. The summed E-state index contributed by atoms with van der Waals surface area (Å²) in [6.07, 6.45) is -3.48. The Kier molecular flexibility index (Phi) is 5.16. The minimum absolute atomic E-state index is 0.0346. The van der Waals surface area contributed by atoms with Gasteiger partial charge in [0.2, 0.25) is 0 Å². The molecule has 0 aliphatic carbocycles. The number of nitrogens with zero attached hydrogens (tertiary/aromatic N) is 1. The van der Waals surface area contributed by atoms with E-state index in [2.05, 4.69) is 15.0 Å². The van der Waals surface area contributed by atoms with Gasteiger partial charge in [-0.15, -0.1) is 13.2 Å². The number of carbonyl (C=O) groups is 1. The highest BCUT2D eigenvalue weighted by Crippen LogP contribution is 2.30. The molecular weight excluding hydrogens is 380 g/mol. The third kappa shape index (κ3) is 4.56. The maximum absolute atomic E-state index is 14.5. The van der Waals surface area contributed by atoms with Crippen LogP contribution in [0.4, 0.5) is 29.1 Å². The second-order valence-corrected chi connectivity index (χ2v) is 5.60. The number of anilines is 2. The first-order valence-electron chi connectivity index (χ1n) is 7.84. The maximum Gasteiger partial charge on any atom is 0.573 e. The van der Waals surface area contributed by atoms with Crippen molar-refractivity contribution >= 4 is 17.5 Å². The second-order valence-electron chi connectivity index (χ2n) is 5.60. The van der Waals surface area contributed by atoms with Crippen LogP contribution in [-0.4, -0.2) is 22.4 Å². The van der Waals surface area contributed by atoms with Crippen molar-refractivity contribution in [2.24, 2.45) is 0 Å². The van der Waals surface area contributed by atoms with Crippen molar-refractivity contribution in [1.82, 2.24) is 4.98 Å². The Morgan fingerprint density at radius 3 is 2.46 bits per heavy atom. The van der Waals surface area contributed by atoms with Gasteiger partial charge in [0.1, 0.15) is 22.9 Å². The number of rotatable bonds is 5. The lowest BCUT2D eigenvalue weighted by molar-refractivity contribution is -0.274. The Labute approximate surface area is 156 Å². The summed E-state index contributed by atoms with van der Waals surface area (Å²) in [4.78, 5) is 15.1. The zero-order valence-electron chi connectivity index (χ0n) is 14.0. The Bertz CT molecular complexity index is 1020. The molecule has 0 fully saturated rings. The molecular formula is C19H12F4N2O3. The minimum Gasteiger partial charge on any atom is -0.478 e. The molecule has 28 heavy (non-hydrogen) atoms. The van der Waals surface area contributed by atoms with Crippen LogP contribution in [0.2, 0.25) is 0 Å². The van der Waals surface area contributed by atoms with Gasteiger partial charge in [-0.1, -0.05) is 18.2 Å². The van der Waals surface area contributed by atoms with Crippen LogP contribution < -0.4 is 10.1 Å². The maximum atomic E-state index is 14.5. The minimum atomic E-state index is -4.83. The van der Waals surface area contributed by atoms with Gasteiger partial charge in [0.25, 0.3) is 0 Å². The molecule has 0 atom stereocenters. The monoisotopic (exact) mass is 392 g/mol. The SMILES string of the molecule is O=C(O)c1cccnc1Nc1ccc(-c2cccc(OC(F)(F)F)c2)cc1F. The van der Waals surface area contributed by atoms with Gasteiger partial charge in [0, 0.05) is 6.20 Å². The summed E-state index contributed by atoms with van der Waals surface area (Å²) in [5.41, 5.74) is 0.460. The third-order valence-electron chi connectivity index (χ3n) is 3.66. The number of hydrogen-bond donors (Lipinski definition) is 2. The van der Waals surface area contributed by atoms with E-state index < -0.39 is 23.9 Å². The molecule has 1 heterocycles. The highest BCUT2D eigenvalue weighted by molar-refractivity contribution is 5.93. The number of halogens is 4. The number of pyridine rings is 1. The fourth-order valence-corrected chi connectivity index (χ4v) is 2.47. The topological polar surface area (TPSA) is 71.5 Å². The number of nitrogens with one attached hydrogen (secondary N) is 1. The van der Waals surface area contributed by atoms with Crippen LogP contribution in [0.15, 0.2) is 60.8 Å². The van der Waals surface area contributed by atoms with E-state index >= 15 is 0 Å². The summed E-state index contributed by atoms with van der Waals surface area (Å²) in [7, 11) is 0. The molecule has 2 aromatic carbocycles. The molecule has 0 aliphatic heterocycles. The van der Waals surface area contributed by atoms with Crippen LogP contribution in [-0.2, 0) is 0 Å². The van der Waals surface area contributed by atoms with E-state index in [0.717, 1.165) is 18.2 Å². The number of aromatic carboxylic acids is 1. The summed E-state index contributed by atoms with van der Waals surface area (Å²) >= 11 is 0. The molecule has 0 aliphatic rings. The average Bonchev–Trinajstić information content (AvgIpc) is 2.62. The molecule has 5 nitrogen and oxygen atoms in total. The van der Waals surface area contributed by atoms with E-state index in [-0.39, 0.29) is 17.1 Å². The Hall–Kier alpha value is -3.62. The van der Waals surface area contributed by atoms with Crippen molar-refractivity contribution in [3.63, 3.8) is 0 Å². The number of aromatic nitrogens is 1. The lowest BCUT2D eigenvalue weighted by Crippen LogP contribution is -2.17. The molecule has 9 heteroatoms. The van der Waals surface area contributed by atoms with Crippen molar-refractivity contribution in [1.29, 1.82) is 0 Å². The summed E-state index contributed by atoms with van der Waals surface area (Å²) in [6, 6.07) is 11.8. The van der Waals surface area contributed by atoms with E-state index in [0.29, 0.717) is 11.1 Å². The van der Waals surface area contributed by atoms with Crippen LogP contribution in [0.25, 0.3) is 11.1 Å². The molecule has 0 spiro atoms. The second kappa shape index (κ2) is 7.55. The molecule has 3 aromatic rings. The largest absolute Gasteiger partial charge is 0.573 e. The number of benzene rings is 2. The predicted octanol–water partition coefficient (Wildman–Crippen LogP) is 5.23. The first kappa shape index (κ1) is 19.2. The molecule has 0 amide bonds. The average molecular weight is 392 g/mol. The molecule has 1 aromatic heterocycles. The predicted molar refractivity (Wildman–Crippen MR) is 93.0 cm³/mol. The molecule has 0 saturated carbocycles. The van der Waals surface area contributed by atoms with Gasteiger partial charge in [-0.25, -0.2) is 14.2 Å². The highest BCUT2D eigenvalue weighted by atomic mass is 19.4. The smallest absolute Gasteiger partial charge is 0.478 e. The van der Waals surface area contributed by atoms with Gasteiger partial charge in [0.05, 0.1) is 5.69 Å². The van der Waals surface area contributed by atoms with Gasteiger partial charge in [-0.05, 0) is 47.5 Å². The highest BCUT2D eigenvalue weighted by Gasteiger charge is 2.31. The van der Waals surface area contributed by atoms with Crippen LogP contribution >= 0.6 is 0 Å². The zero-order valence-corrected chi connectivity index (χ0v) is 14.0. The number of hydrogen-bond acceptors (Lipinski definition) is 4. The molecule has 0 unspecified atom stereocenters. The summed E-state index contributed by atoms with van der Waals surface area (Å²) < 4.78 is 55.4. The van der Waals surface area contributed by atoms with E-state index in [1.54, 1.807) is 0 Å². The molecule has 0 saturated heterocycles. The lowest BCUT2D eigenvalue weighted by Gasteiger charge is -2.12. The fraction of sp³-hybridized carbons (Fsp3) is 0.0526. The van der Waals surface area contributed by atoms with E-state index in [9.17, 15) is 22.4 Å². The molecule has 3 rings (SSSR count). The van der Waals surface area contributed by atoms with Crippen molar-refractivity contribution in [3.05, 3.63) is 72.2 Å². The van der Waals surface area contributed by atoms with E-state index in [1.807, 2.05) is 0 Å². The third-order valence-corrected chi connectivity index (χ3v) is 3.66. The van der Waals surface area contributed by atoms with Crippen molar-refractivity contribution in [3.8, 4) is 16.9 Å². The quantitative estimate of drug-likeness (QED) is 0.582. The van der Waals surface area contributed by atoms with Crippen molar-refractivity contribution in [2.45, 2.75) is 6.36 Å². The van der Waals surface area contributed by atoms with Crippen LogP contribution in [0.3, 0.4) is 0 Å². The summed E-state index contributed by atoms with van der Waals surface area (Å²) in [5.74, 6) is -2.43. The molecule has 0 bridgehead atoms. The number of ether oxygens (including phenoxy) is 1. The normalized spacial score (nSPS) is 11.1.